The molecule has 3 atom stereocenters. The molecule has 0 radical (unpaired) electrons. The Hall–Kier alpha value is -3.06. The molecule has 1 N–H and O–H groups in total. The van der Waals surface area contributed by atoms with Crippen molar-refractivity contribution < 1.29 is 19.0 Å². The third-order valence-corrected chi connectivity index (χ3v) is 7.50. The molecule has 3 aromatic rings. The molecule has 4 rings (SSSR count). The minimum Gasteiger partial charge on any atom is -0.497 e. The second-order valence-electron chi connectivity index (χ2n) is 9.83. The number of ether oxygens (including phenoxy) is 1. The zero-order valence-electron chi connectivity index (χ0n) is 21.0. The van der Waals surface area contributed by atoms with E-state index in [2.05, 4.69) is 27.0 Å². The lowest BCUT2D eigenvalue weighted by Crippen LogP contribution is -2.41. The van der Waals surface area contributed by atoms with Gasteiger partial charge in [0.15, 0.2) is 0 Å². The molecule has 2 unspecified atom stereocenters. The Bertz CT molecular complexity index is 1130. The van der Waals surface area contributed by atoms with E-state index < -0.39 is 12.1 Å². The van der Waals surface area contributed by atoms with Crippen molar-refractivity contribution in [1.29, 1.82) is 0 Å². The molecule has 0 bridgehead atoms. The van der Waals surface area contributed by atoms with Crippen molar-refractivity contribution in [3.05, 3.63) is 66.1 Å². The summed E-state index contributed by atoms with van der Waals surface area (Å²) in [4.78, 5) is 22.2. The lowest BCUT2D eigenvalue weighted by atomic mass is 9.79. The third-order valence-electron chi connectivity index (χ3n) is 7.50. The Kier molecular flexibility index (Phi) is 9.23. The van der Waals surface area contributed by atoms with Crippen LogP contribution in [0.4, 0.5) is 4.39 Å². The van der Waals surface area contributed by atoms with Gasteiger partial charge in [-0.15, -0.1) is 0 Å². The highest BCUT2D eigenvalue weighted by atomic mass is 19.1. The third kappa shape index (κ3) is 7.00. The van der Waals surface area contributed by atoms with E-state index in [-0.39, 0.29) is 12.3 Å². The second-order valence-corrected chi connectivity index (χ2v) is 9.83. The zero-order chi connectivity index (χ0) is 25.3. The smallest absolute Gasteiger partial charge is 0.303 e. The normalized spacial score (nSPS) is 19.3. The van der Waals surface area contributed by atoms with Gasteiger partial charge in [-0.25, -0.2) is 4.39 Å². The number of hydrogen-bond donors (Lipinski definition) is 1. The van der Waals surface area contributed by atoms with E-state index in [0.29, 0.717) is 30.1 Å². The standard InChI is InChI=1S/C29H36FN3O3/c1-36-24-6-8-28-26(19-24)25(12-16-32-28)27(30)7-4-22-13-18-33(20-23(22)5-9-29(34)35)17-2-3-21-10-14-31-15-11-21/h6,8,10-12,14-16,19,22-23,27H,2-5,7,9,13,17-18,20H2,1H3,(H,34,35)/t22?,23?,27-/m0/s1. The first-order chi connectivity index (χ1) is 17.5. The summed E-state index contributed by atoms with van der Waals surface area (Å²) in [7, 11) is 1.60. The number of aryl methyl sites for hydroxylation is 1. The Morgan fingerprint density at radius 1 is 1.17 bits per heavy atom. The van der Waals surface area contributed by atoms with Crippen LogP contribution >= 0.6 is 0 Å². The minimum absolute atomic E-state index is 0.167. The molecule has 192 valence electrons. The van der Waals surface area contributed by atoms with Crippen LogP contribution in [0.5, 0.6) is 5.75 Å². The van der Waals surface area contributed by atoms with Crippen LogP contribution in [-0.2, 0) is 11.2 Å². The Morgan fingerprint density at radius 3 is 2.78 bits per heavy atom. The maximum Gasteiger partial charge on any atom is 0.303 e. The summed E-state index contributed by atoms with van der Waals surface area (Å²) in [5.74, 6) is 0.539. The minimum atomic E-state index is -1.10. The molecule has 0 amide bonds. The van der Waals surface area contributed by atoms with Crippen molar-refractivity contribution in [1.82, 2.24) is 14.9 Å². The van der Waals surface area contributed by atoms with Crippen molar-refractivity contribution in [2.24, 2.45) is 11.8 Å². The average molecular weight is 494 g/mol. The van der Waals surface area contributed by atoms with Gasteiger partial charge in [-0.2, -0.15) is 0 Å². The molecule has 0 saturated carbocycles. The molecule has 36 heavy (non-hydrogen) atoms. The zero-order valence-corrected chi connectivity index (χ0v) is 21.0. The number of aromatic nitrogens is 2. The van der Waals surface area contributed by atoms with Crippen LogP contribution in [0.15, 0.2) is 55.0 Å². The molecule has 3 heterocycles. The highest BCUT2D eigenvalue weighted by Gasteiger charge is 2.30. The number of halogens is 1. The van der Waals surface area contributed by atoms with Gasteiger partial charge in [0.2, 0.25) is 0 Å². The van der Waals surface area contributed by atoms with Gasteiger partial charge in [-0.05, 0) is 111 Å². The highest BCUT2D eigenvalue weighted by Crippen LogP contribution is 2.36. The van der Waals surface area contributed by atoms with E-state index in [0.717, 1.165) is 56.2 Å². The topological polar surface area (TPSA) is 75.5 Å². The number of carbonyl (C=O) groups is 1. The number of hydrogen-bond acceptors (Lipinski definition) is 5. The van der Waals surface area contributed by atoms with Crippen LogP contribution in [0, 0.1) is 11.8 Å². The number of fused-ring (bicyclic) bond motifs is 1. The summed E-state index contributed by atoms with van der Waals surface area (Å²) in [5.41, 5.74) is 2.70. The fraction of sp³-hybridized carbons (Fsp3) is 0.483. The molecule has 6 nitrogen and oxygen atoms in total. The maximum atomic E-state index is 15.5. The number of benzene rings is 1. The molecule has 1 fully saturated rings. The summed E-state index contributed by atoms with van der Waals surface area (Å²) >= 11 is 0. The lowest BCUT2D eigenvalue weighted by molar-refractivity contribution is -0.137. The van der Waals surface area contributed by atoms with E-state index in [1.807, 2.05) is 30.6 Å². The fourth-order valence-electron chi connectivity index (χ4n) is 5.49. The van der Waals surface area contributed by atoms with Crippen molar-refractivity contribution in [3.8, 4) is 5.75 Å². The number of methoxy groups -OCH3 is 1. The molecule has 0 spiro atoms. The molecule has 1 aliphatic rings. The number of pyridine rings is 2. The van der Waals surface area contributed by atoms with Gasteiger partial charge in [0.25, 0.3) is 0 Å². The maximum absolute atomic E-state index is 15.5. The summed E-state index contributed by atoms with van der Waals surface area (Å²) in [6.07, 6.45) is 9.26. The van der Waals surface area contributed by atoms with E-state index in [1.54, 1.807) is 19.4 Å². The van der Waals surface area contributed by atoms with Gasteiger partial charge in [-0.1, -0.05) is 0 Å². The number of aliphatic carboxylic acids is 1. The molecule has 1 aliphatic heterocycles. The number of carboxylic acids is 1. The first-order valence-electron chi connectivity index (χ1n) is 12.9. The van der Waals surface area contributed by atoms with E-state index in [9.17, 15) is 9.90 Å². The molecular formula is C29H36FN3O3. The number of rotatable bonds is 12. The van der Waals surface area contributed by atoms with Gasteiger partial charge in [0, 0.05) is 36.9 Å². The Morgan fingerprint density at radius 2 is 2.00 bits per heavy atom. The molecule has 7 heteroatoms. The average Bonchev–Trinajstić information content (AvgIpc) is 2.91. The highest BCUT2D eigenvalue weighted by molar-refractivity contribution is 5.83. The molecule has 2 aromatic heterocycles. The summed E-state index contributed by atoms with van der Waals surface area (Å²) in [6, 6.07) is 11.4. The van der Waals surface area contributed by atoms with E-state index in [1.165, 1.54) is 5.56 Å². The summed E-state index contributed by atoms with van der Waals surface area (Å²) < 4.78 is 20.9. The van der Waals surface area contributed by atoms with Crippen LogP contribution in [0.2, 0.25) is 0 Å². The van der Waals surface area contributed by atoms with Crippen LogP contribution in [0.1, 0.15) is 55.8 Å². The number of carboxylic acid groups (broad SMARTS) is 1. The SMILES string of the molecule is COc1ccc2nccc([C@@H](F)CCC3CCN(CCCc4ccncc4)CC3CCC(=O)O)c2c1. The largest absolute Gasteiger partial charge is 0.497 e. The van der Waals surface area contributed by atoms with E-state index >= 15 is 4.39 Å². The van der Waals surface area contributed by atoms with Gasteiger partial charge < -0.3 is 14.7 Å². The summed E-state index contributed by atoms with van der Waals surface area (Å²) in [6.45, 7) is 2.87. The van der Waals surface area contributed by atoms with Crippen LogP contribution in [0.3, 0.4) is 0 Å². The predicted molar refractivity (Wildman–Crippen MR) is 139 cm³/mol. The van der Waals surface area contributed by atoms with Crippen LogP contribution < -0.4 is 4.74 Å². The van der Waals surface area contributed by atoms with Crippen molar-refractivity contribution in [2.45, 2.75) is 51.1 Å². The Labute approximate surface area is 212 Å². The molecule has 0 aliphatic carbocycles. The molecule has 1 aromatic carbocycles. The predicted octanol–water partition coefficient (Wildman–Crippen LogP) is 5.86. The van der Waals surface area contributed by atoms with Crippen LogP contribution in [-0.4, -0.2) is 52.7 Å². The van der Waals surface area contributed by atoms with Gasteiger partial charge in [-0.3, -0.25) is 14.8 Å². The van der Waals surface area contributed by atoms with Crippen molar-refractivity contribution in [2.75, 3.05) is 26.7 Å². The lowest BCUT2D eigenvalue weighted by Gasteiger charge is -2.39. The van der Waals surface area contributed by atoms with Crippen molar-refractivity contribution >= 4 is 16.9 Å². The number of alkyl halides is 1. The molecule has 1 saturated heterocycles. The first kappa shape index (κ1) is 26.0. The summed E-state index contributed by atoms with van der Waals surface area (Å²) in [5, 5.41) is 10.1. The fourth-order valence-corrected chi connectivity index (χ4v) is 5.49. The van der Waals surface area contributed by atoms with Crippen LogP contribution in [0.25, 0.3) is 10.9 Å². The van der Waals surface area contributed by atoms with Crippen molar-refractivity contribution in [3.63, 3.8) is 0 Å². The quantitative estimate of drug-likeness (QED) is 0.340. The first-order valence-corrected chi connectivity index (χ1v) is 12.9. The number of nitrogens with zero attached hydrogens (tertiary/aromatic N) is 3. The number of likely N-dealkylation sites (tertiary alicyclic amines) is 1. The monoisotopic (exact) mass is 493 g/mol. The van der Waals surface area contributed by atoms with Gasteiger partial charge >= 0.3 is 5.97 Å². The Balaban J connectivity index is 1.35. The van der Waals surface area contributed by atoms with Gasteiger partial charge in [0.1, 0.15) is 11.9 Å². The second kappa shape index (κ2) is 12.8. The molecular weight excluding hydrogens is 457 g/mol. The van der Waals surface area contributed by atoms with Gasteiger partial charge in [0.05, 0.1) is 12.6 Å². The number of piperidine rings is 1. The van der Waals surface area contributed by atoms with E-state index in [4.69, 9.17) is 4.74 Å².